The molecule has 1 fully saturated rings. The Hall–Kier alpha value is -1.14. The third kappa shape index (κ3) is 3.00. The van der Waals surface area contributed by atoms with E-state index in [9.17, 15) is 19.8 Å². The molecule has 0 radical (unpaired) electrons. The average molecular weight is 257 g/mol. The van der Waals surface area contributed by atoms with Crippen LogP contribution in [0.25, 0.3) is 0 Å². The molecule has 6 heteroatoms. The highest BCUT2D eigenvalue weighted by Gasteiger charge is 2.46. The summed E-state index contributed by atoms with van der Waals surface area (Å²) in [6, 6.07) is -0.793. The summed E-state index contributed by atoms with van der Waals surface area (Å²) >= 11 is 0. The second-order valence-corrected chi connectivity index (χ2v) is 5.36. The van der Waals surface area contributed by atoms with Gasteiger partial charge < -0.3 is 26.1 Å². The van der Waals surface area contributed by atoms with Gasteiger partial charge in [0, 0.05) is 36.8 Å². The standard InChI is InChI=1S/C12H22N2O4/c1-5(2)10(14-6(3)15)9-8(13)4-7(11(9)16)12(17)18/h5,7-11,16H,4,13H2,1-3H3,(H,14,15)(H,17,18)/p-1/t7?,8?,9-,10?,11?/m1/s1. The number of aliphatic hydroxyl groups is 1. The molecular weight excluding hydrogens is 236 g/mol. The third-order valence-corrected chi connectivity index (χ3v) is 3.63. The maximum absolute atomic E-state index is 11.2. The predicted molar refractivity (Wildman–Crippen MR) is 63.0 cm³/mol. The Balaban J connectivity index is 2.91. The van der Waals surface area contributed by atoms with Crippen molar-refractivity contribution >= 4 is 11.9 Å². The van der Waals surface area contributed by atoms with Crippen LogP contribution in [0, 0.1) is 17.8 Å². The van der Waals surface area contributed by atoms with Crippen molar-refractivity contribution in [2.45, 2.75) is 45.4 Å². The summed E-state index contributed by atoms with van der Waals surface area (Å²) in [7, 11) is 0. The molecule has 1 amide bonds. The normalized spacial score (nSPS) is 33.4. The van der Waals surface area contributed by atoms with Crippen LogP contribution in [0.3, 0.4) is 0 Å². The van der Waals surface area contributed by atoms with Crippen LogP contribution in [-0.2, 0) is 9.59 Å². The molecule has 0 aromatic rings. The van der Waals surface area contributed by atoms with Gasteiger partial charge in [-0.05, 0) is 12.3 Å². The Morgan fingerprint density at radius 3 is 2.33 bits per heavy atom. The van der Waals surface area contributed by atoms with Crippen LogP contribution < -0.4 is 16.2 Å². The molecule has 0 bridgehead atoms. The minimum atomic E-state index is -1.29. The van der Waals surface area contributed by atoms with Crippen LogP contribution in [0.5, 0.6) is 0 Å². The van der Waals surface area contributed by atoms with Gasteiger partial charge in [-0.3, -0.25) is 4.79 Å². The van der Waals surface area contributed by atoms with Gasteiger partial charge in [0.25, 0.3) is 0 Å². The van der Waals surface area contributed by atoms with Gasteiger partial charge >= 0.3 is 0 Å². The lowest BCUT2D eigenvalue weighted by Gasteiger charge is -2.33. The highest BCUT2D eigenvalue weighted by atomic mass is 16.4. The lowest BCUT2D eigenvalue weighted by Crippen LogP contribution is -2.51. The highest BCUT2D eigenvalue weighted by molar-refractivity contribution is 5.73. The molecule has 0 heterocycles. The van der Waals surface area contributed by atoms with E-state index in [1.807, 2.05) is 13.8 Å². The zero-order valence-electron chi connectivity index (χ0n) is 10.9. The topological polar surface area (TPSA) is 115 Å². The van der Waals surface area contributed by atoms with Gasteiger partial charge in [-0.15, -0.1) is 0 Å². The van der Waals surface area contributed by atoms with Gasteiger partial charge in [-0.1, -0.05) is 13.8 Å². The molecule has 0 spiro atoms. The number of amides is 1. The van der Waals surface area contributed by atoms with Crippen LogP contribution in [-0.4, -0.2) is 35.2 Å². The second kappa shape index (κ2) is 5.67. The number of carboxylic acids is 1. The van der Waals surface area contributed by atoms with Crippen LogP contribution in [0.15, 0.2) is 0 Å². The Kier molecular flexibility index (Phi) is 4.70. The van der Waals surface area contributed by atoms with Crippen molar-refractivity contribution in [3.8, 4) is 0 Å². The van der Waals surface area contributed by atoms with Crippen molar-refractivity contribution in [1.82, 2.24) is 5.32 Å². The van der Waals surface area contributed by atoms with E-state index >= 15 is 0 Å². The molecule has 4 unspecified atom stereocenters. The molecule has 5 atom stereocenters. The molecule has 6 nitrogen and oxygen atoms in total. The molecule has 104 valence electrons. The summed E-state index contributed by atoms with van der Waals surface area (Å²) < 4.78 is 0. The fourth-order valence-corrected chi connectivity index (χ4v) is 2.77. The van der Waals surface area contributed by atoms with E-state index in [-0.39, 0.29) is 24.3 Å². The SMILES string of the molecule is CC(=O)NC(C(C)C)[C@H]1C(N)CC(C(=O)[O-])C1O. The van der Waals surface area contributed by atoms with Crippen molar-refractivity contribution in [2.75, 3.05) is 0 Å². The van der Waals surface area contributed by atoms with Gasteiger partial charge in [-0.2, -0.15) is 0 Å². The largest absolute Gasteiger partial charge is 0.550 e. The molecule has 1 saturated carbocycles. The Bertz CT molecular complexity index is 332. The minimum absolute atomic E-state index is 0.0557. The van der Waals surface area contributed by atoms with Crippen LogP contribution in [0.2, 0.25) is 0 Å². The lowest BCUT2D eigenvalue weighted by atomic mass is 9.84. The molecule has 1 aliphatic carbocycles. The maximum atomic E-state index is 11.2. The zero-order chi connectivity index (χ0) is 14.0. The molecule has 1 aliphatic rings. The Labute approximate surface area is 107 Å². The first-order valence-electron chi connectivity index (χ1n) is 6.17. The van der Waals surface area contributed by atoms with Gasteiger partial charge in [0.05, 0.1) is 6.10 Å². The molecular formula is C12H21N2O4-. The summed E-state index contributed by atoms with van der Waals surface area (Å²) in [5.74, 6) is -2.87. The first kappa shape index (κ1) is 14.9. The molecule has 1 rings (SSSR count). The number of nitrogens with two attached hydrogens (primary N) is 1. The highest BCUT2D eigenvalue weighted by Crippen LogP contribution is 2.34. The van der Waals surface area contributed by atoms with Gasteiger partial charge in [0.1, 0.15) is 0 Å². The Morgan fingerprint density at radius 2 is 2.00 bits per heavy atom. The van der Waals surface area contributed by atoms with Crippen LogP contribution >= 0.6 is 0 Å². The molecule has 0 aromatic carbocycles. The summed E-state index contributed by atoms with van der Waals surface area (Å²) in [5, 5.41) is 23.7. The van der Waals surface area contributed by atoms with E-state index in [2.05, 4.69) is 5.32 Å². The number of carboxylic acid groups (broad SMARTS) is 1. The number of hydrogen-bond donors (Lipinski definition) is 3. The third-order valence-electron chi connectivity index (χ3n) is 3.63. The summed E-state index contributed by atoms with van der Waals surface area (Å²) in [6.07, 6.45) is -0.902. The van der Waals surface area contributed by atoms with E-state index in [0.29, 0.717) is 0 Å². The zero-order valence-corrected chi connectivity index (χ0v) is 10.9. The molecule has 0 aromatic heterocycles. The predicted octanol–water partition coefficient (Wildman–Crippen LogP) is -1.78. The summed E-state index contributed by atoms with van der Waals surface area (Å²) in [4.78, 5) is 22.1. The number of hydrogen-bond acceptors (Lipinski definition) is 5. The summed E-state index contributed by atoms with van der Waals surface area (Å²) in [6.45, 7) is 5.18. The molecule has 0 aliphatic heterocycles. The van der Waals surface area contributed by atoms with Gasteiger partial charge in [0.2, 0.25) is 5.91 Å². The first-order chi connectivity index (χ1) is 8.25. The van der Waals surface area contributed by atoms with Crippen molar-refractivity contribution in [1.29, 1.82) is 0 Å². The van der Waals surface area contributed by atoms with Crippen molar-refractivity contribution in [3.05, 3.63) is 0 Å². The number of aliphatic carboxylic acids is 1. The van der Waals surface area contributed by atoms with Crippen LogP contribution in [0.1, 0.15) is 27.2 Å². The van der Waals surface area contributed by atoms with Crippen molar-refractivity contribution < 1.29 is 19.8 Å². The van der Waals surface area contributed by atoms with E-state index < -0.39 is 30.0 Å². The number of carbonyl (C=O) groups is 2. The van der Waals surface area contributed by atoms with Crippen molar-refractivity contribution in [3.63, 3.8) is 0 Å². The second-order valence-electron chi connectivity index (χ2n) is 5.36. The van der Waals surface area contributed by atoms with Gasteiger partial charge in [0.15, 0.2) is 0 Å². The fourth-order valence-electron chi connectivity index (χ4n) is 2.77. The molecule has 4 N–H and O–H groups in total. The quantitative estimate of drug-likeness (QED) is 0.551. The smallest absolute Gasteiger partial charge is 0.217 e. The van der Waals surface area contributed by atoms with Crippen molar-refractivity contribution in [2.24, 2.45) is 23.5 Å². The van der Waals surface area contributed by atoms with E-state index in [4.69, 9.17) is 5.73 Å². The Morgan fingerprint density at radius 1 is 1.44 bits per heavy atom. The summed E-state index contributed by atoms with van der Waals surface area (Å²) in [5.41, 5.74) is 5.91. The van der Waals surface area contributed by atoms with E-state index in [1.165, 1.54) is 6.92 Å². The minimum Gasteiger partial charge on any atom is -0.550 e. The molecule has 0 saturated heterocycles. The number of aliphatic hydroxyl groups excluding tert-OH is 1. The fraction of sp³-hybridized carbons (Fsp3) is 0.833. The molecule has 18 heavy (non-hydrogen) atoms. The average Bonchev–Trinajstić information content (AvgIpc) is 2.51. The van der Waals surface area contributed by atoms with Crippen LogP contribution in [0.4, 0.5) is 0 Å². The van der Waals surface area contributed by atoms with E-state index in [1.54, 1.807) is 0 Å². The number of nitrogens with one attached hydrogen (secondary N) is 1. The number of rotatable bonds is 4. The lowest BCUT2D eigenvalue weighted by molar-refractivity contribution is -0.313. The monoisotopic (exact) mass is 257 g/mol. The maximum Gasteiger partial charge on any atom is 0.217 e. The van der Waals surface area contributed by atoms with Gasteiger partial charge in [-0.25, -0.2) is 0 Å². The number of carbonyl (C=O) groups excluding carboxylic acids is 2. The van der Waals surface area contributed by atoms with E-state index in [0.717, 1.165) is 0 Å². The first-order valence-corrected chi connectivity index (χ1v) is 6.17.